The van der Waals surface area contributed by atoms with Gasteiger partial charge in [0.25, 0.3) is 5.91 Å². The highest BCUT2D eigenvalue weighted by Gasteiger charge is 2.45. The van der Waals surface area contributed by atoms with Gasteiger partial charge in [0.1, 0.15) is 5.82 Å². The molecular formula is C22H19BrClF4N3O3. The van der Waals surface area contributed by atoms with Gasteiger partial charge >= 0.3 is 12.2 Å². The summed E-state index contributed by atoms with van der Waals surface area (Å²) in [5, 5.41) is 7.90. The molecule has 2 aromatic rings. The van der Waals surface area contributed by atoms with Crippen molar-refractivity contribution < 1.29 is 31.9 Å². The monoisotopic (exact) mass is 563 g/mol. The van der Waals surface area contributed by atoms with Gasteiger partial charge in [0.15, 0.2) is 0 Å². The average Bonchev–Trinajstić information content (AvgIpc) is 3.05. The Hall–Kier alpha value is -2.37. The fourth-order valence-electron chi connectivity index (χ4n) is 4.38. The maximum Gasteiger partial charge on any atom is 0.391 e. The number of anilines is 1. The van der Waals surface area contributed by atoms with E-state index in [9.17, 15) is 27.2 Å². The lowest BCUT2D eigenvalue weighted by Crippen LogP contribution is -2.57. The summed E-state index contributed by atoms with van der Waals surface area (Å²) in [4.78, 5) is 25.5. The first-order valence-corrected chi connectivity index (χ1v) is 11.5. The zero-order valence-corrected chi connectivity index (χ0v) is 19.8. The van der Waals surface area contributed by atoms with Crippen LogP contribution >= 0.6 is 27.5 Å². The normalized spacial score (nSPS) is 22.2. The molecule has 2 heterocycles. The highest BCUT2D eigenvalue weighted by Crippen LogP contribution is 2.41. The number of carbonyl (C=O) groups is 2. The van der Waals surface area contributed by atoms with E-state index in [1.54, 1.807) is 0 Å². The summed E-state index contributed by atoms with van der Waals surface area (Å²) in [7, 11) is 0. The molecular weight excluding hydrogens is 546 g/mol. The molecule has 0 spiro atoms. The van der Waals surface area contributed by atoms with E-state index in [4.69, 9.17) is 16.3 Å². The summed E-state index contributed by atoms with van der Waals surface area (Å²) in [5.74, 6) is -1.04. The van der Waals surface area contributed by atoms with Crippen molar-refractivity contribution in [3.05, 3.63) is 62.3 Å². The number of alkyl halides is 3. The molecule has 0 bridgehead atoms. The van der Waals surface area contributed by atoms with Gasteiger partial charge in [-0.25, -0.2) is 9.18 Å². The molecule has 2 aliphatic heterocycles. The Labute approximate surface area is 205 Å². The molecule has 3 amide bonds. The number of urea groups is 1. The maximum absolute atomic E-state index is 13.9. The lowest BCUT2D eigenvalue weighted by atomic mass is 9.88. The second kappa shape index (κ2) is 9.35. The summed E-state index contributed by atoms with van der Waals surface area (Å²) in [6, 6.07) is 4.96. The van der Waals surface area contributed by atoms with Gasteiger partial charge in [0.05, 0.1) is 24.6 Å². The zero-order chi connectivity index (χ0) is 24.7. The number of hydrogen-bond acceptors (Lipinski definition) is 3. The van der Waals surface area contributed by atoms with Crippen LogP contribution in [-0.4, -0.2) is 36.9 Å². The Balaban J connectivity index is 1.67. The molecule has 34 heavy (non-hydrogen) atoms. The van der Waals surface area contributed by atoms with E-state index in [1.165, 1.54) is 30.3 Å². The molecule has 12 heteroatoms. The summed E-state index contributed by atoms with van der Waals surface area (Å²) in [6.45, 7) is 0.0317. The summed E-state index contributed by atoms with van der Waals surface area (Å²) in [5.41, 5.74) is -0.658. The molecule has 6 nitrogen and oxygen atoms in total. The van der Waals surface area contributed by atoms with E-state index >= 15 is 0 Å². The van der Waals surface area contributed by atoms with Crippen LogP contribution in [0.25, 0.3) is 0 Å². The van der Waals surface area contributed by atoms with Crippen molar-refractivity contribution in [3.8, 4) is 0 Å². The van der Waals surface area contributed by atoms with Gasteiger partial charge in [-0.1, -0.05) is 27.5 Å². The van der Waals surface area contributed by atoms with Crippen LogP contribution in [0.15, 0.2) is 34.8 Å². The third-order valence-corrected chi connectivity index (χ3v) is 6.51. The Kier molecular flexibility index (Phi) is 6.80. The van der Waals surface area contributed by atoms with Gasteiger partial charge in [0, 0.05) is 38.5 Å². The third kappa shape index (κ3) is 5.31. The Morgan fingerprint density at radius 3 is 2.74 bits per heavy atom. The molecule has 0 unspecified atom stereocenters. The fraction of sp³-hybridized carbons (Fsp3) is 0.364. The van der Waals surface area contributed by atoms with Gasteiger partial charge in [-0.3, -0.25) is 4.79 Å². The lowest BCUT2D eigenvalue weighted by molar-refractivity contribution is -0.160. The second-order valence-electron chi connectivity index (χ2n) is 8.29. The highest BCUT2D eigenvalue weighted by molar-refractivity contribution is 9.10. The molecule has 0 saturated carbocycles. The molecule has 4 rings (SSSR count). The number of ether oxygens (including phenoxy) is 1. The number of benzene rings is 2. The quantitative estimate of drug-likeness (QED) is 0.417. The van der Waals surface area contributed by atoms with E-state index in [1.807, 2.05) is 0 Å². The van der Waals surface area contributed by atoms with E-state index < -0.39 is 41.9 Å². The smallest absolute Gasteiger partial charge is 0.379 e. The number of fused-ring (bicyclic) bond motifs is 1. The molecule has 182 valence electrons. The minimum absolute atomic E-state index is 0.0953. The Morgan fingerprint density at radius 2 is 2.06 bits per heavy atom. The molecule has 3 N–H and O–H groups in total. The summed E-state index contributed by atoms with van der Waals surface area (Å²) < 4.78 is 59.3. The second-order valence-corrected chi connectivity index (χ2v) is 9.62. The van der Waals surface area contributed by atoms with E-state index in [0.717, 1.165) is 0 Å². The number of nitrogens with one attached hydrogen (secondary N) is 3. The van der Waals surface area contributed by atoms with Crippen molar-refractivity contribution in [2.24, 2.45) is 0 Å². The van der Waals surface area contributed by atoms with E-state index in [0.29, 0.717) is 23.1 Å². The van der Waals surface area contributed by atoms with Crippen LogP contribution in [0.5, 0.6) is 0 Å². The third-order valence-electron chi connectivity index (χ3n) is 5.71. The molecule has 2 atom stereocenters. The average molecular weight is 565 g/mol. The van der Waals surface area contributed by atoms with Crippen LogP contribution < -0.4 is 16.0 Å². The Morgan fingerprint density at radius 1 is 1.29 bits per heavy atom. The first kappa shape index (κ1) is 24.7. The van der Waals surface area contributed by atoms with Crippen molar-refractivity contribution in [2.75, 3.05) is 18.5 Å². The largest absolute Gasteiger partial charge is 0.391 e. The lowest BCUT2D eigenvalue weighted by Gasteiger charge is -2.38. The van der Waals surface area contributed by atoms with Crippen LogP contribution in [0.4, 0.5) is 28.0 Å². The van der Waals surface area contributed by atoms with Crippen LogP contribution in [-0.2, 0) is 4.74 Å². The predicted octanol–water partition coefficient (Wildman–Crippen LogP) is 5.70. The van der Waals surface area contributed by atoms with Gasteiger partial charge in [-0.15, -0.1) is 0 Å². The topological polar surface area (TPSA) is 79.5 Å². The standard InChI is InChI=1S/C22H19BrClF4N3O3/c23-11-6-14-17(18(30-19(14)32)13-8-12(25)2-3-15(13)24)16(7-11)29-20(33)31-21(9-22(26,27)28)4-1-5-34-10-21/h2-3,6-8,18H,1,4-5,9-10H2,(H,30,32)(H2,29,31,33)/t18-,21-/m0/s1. The first-order valence-electron chi connectivity index (χ1n) is 10.3. The summed E-state index contributed by atoms with van der Waals surface area (Å²) >= 11 is 9.52. The number of carbonyl (C=O) groups excluding carboxylic acids is 2. The van der Waals surface area contributed by atoms with Crippen molar-refractivity contribution in [1.29, 1.82) is 0 Å². The number of halogens is 6. The number of rotatable bonds is 4. The molecule has 2 aromatic carbocycles. The first-order chi connectivity index (χ1) is 16.0. The van der Waals surface area contributed by atoms with Crippen LogP contribution in [0.1, 0.15) is 46.8 Å². The fourth-order valence-corrected chi connectivity index (χ4v) is 5.07. The van der Waals surface area contributed by atoms with Gasteiger partial charge in [-0.05, 0) is 43.2 Å². The van der Waals surface area contributed by atoms with Crippen molar-refractivity contribution in [2.45, 2.75) is 37.0 Å². The van der Waals surface area contributed by atoms with Crippen LogP contribution in [0.3, 0.4) is 0 Å². The maximum atomic E-state index is 13.9. The molecule has 0 aliphatic carbocycles. The minimum atomic E-state index is -4.51. The summed E-state index contributed by atoms with van der Waals surface area (Å²) in [6.07, 6.45) is -5.30. The highest BCUT2D eigenvalue weighted by atomic mass is 79.9. The van der Waals surface area contributed by atoms with E-state index in [2.05, 4.69) is 31.9 Å². The number of amides is 3. The predicted molar refractivity (Wildman–Crippen MR) is 120 cm³/mol. The number of hydrogen-bond donors (Lipinski definition) is 3. The molecule has 0 radical (unpaired) electrons. The van der Waals surface area contributed by atoms with Crippen molar-refractivity contribution >= 4 is 45.2 Å². The van der Waals surface area contributed by atoms with E-state index in [-0.39, 0.29) is 34.9 Å². The minimum Gasteiger partial charge on any atom is -0.379 e. The van der Waals surface area contributed by atoms with Gasteiger partial charge < -0.3 is 20.7 Å². The van der Waals surface area contributed by atoms with Crippen molar-refractivity contribution in [3.63, 3.8) is 0 Å². The van der Waals surface area contributed by atoms with Gasteiger partial charge in [-0.2, -0.15) is 13.2 Å². The molecule has 2 aliphatic rings. The zero-order valence-electron chi connectivity index (χ0n) is 17.5. The molecule has 1 fully saturated rings. The SMILES string of the molecule is O=C(Nc1cc(Br)cc2c1[C@H](c1cc(F)ccc1Cl)NC2=O)N[C@]1(CC(F)(F)F)CCCOC1. The molecule has 1 saturated heterocycles. The van der Waals surface area contributed by atoms with Crippen LogP contribution in [0.2, 0.25) is 5.02 Å². The van der Waals surface area contributed by atoms with Crippen molar-refractivity contribution in [1.82, 2.24) is 10.6 Å². The van der Waals surface area contributed by atoms with Gasteiger partial charge in [0.2, 0.25) is 0 Å². The Bertz CT molecular complexity index is 1140. The van der Waals surface area contributed by atoms with Crippen LogP contribution in [0, 0.1) is 5.82 Å². The molecule has 0 aromatic heterocycles.